The summed E-state index contributed by atoms with van der Waals surface area (Å²) in [6.45, 7) is 7.80. The molecule has 16 heavy (non-hydrogen) atoms. The fourth-order valence-electron chi connectivity index (χ4n) is 1.35. The minimum absolute atomic E-state index is 0.0661. The van der Waals surface area contributed by atoms with Crippen LogP contribution >= 0.6 is 0 Å². The average molecular weight is 230 g/mol. The zero-order valence-corrected chi connectivity index (χ0v) is 10.8. The van der Waals surface area contributed by atoms with Gasteiger partial charge in [0.1, 0.15) is 0 Å². The van der Waals surface area contributed by atoms with Crippen molar-refractivity contribution in [1.82, 2.24) is 10.6 Å². The van der Waals surface area contributed by atoms with Crippen molar-refractivity contribution in [2.45, 2.75) is 46.1 Å². The topological polar surface area (TPSA) is 61.4 Å². The number of carbonyl (C=O) groups excluding carboxylic acids is 1. The molecule has 96 valence electrons. The number of hydrogen-bond donors (Lipinski definition) is 3. The minimum atomic E-state index is 0.0661. The van der Waals surface area contributed by atoms with E-state index in [0.29, 0.717) is 6.04 Å². The number of amides is 1. The molecule has 0 fully saturated rings. The number of aliphatic hydroxyl groups excluding tert-OH is 1. The molecule has 3 N–H and O–H groups in total. The van der Waals surface area contributed by atoms with Gasteiger partial charge < -0.3 is 15.7 Å². The van der Waals surface area contributed by atoms with Crippen LogP contribution in [0.25, 0.3) is 0 Å². The molecule has 4 heteroatoms. The third-order valence-electron chi connectivity index (χ3n) is 2.47. The van der Waals surface area contributed by atoms with Crippen molar-refractivity contribution in [1.29, 1.82) is 0 Å². The minimum Gasteiger partial charge on any atom is -0.396 e. The molecule has 1 unspecified atom stereocenters. The van der Waals surface area contributed by atoms with Gasteiger partial charge in [-0.2, -0.15) is 0 Å². The lowest BCUT2D eigenvalue weighted by atomic mass is 10.2. The molecular formula is C12H26N2O2. The van der Waals surface area contributed by atoms with Gasteiger partial charge in [0.25, 0.3) is 0 Å². The van der Waals surface area contributed by atoms with Crippen LogP contribution in [0.2, 0.25) is 0 Å². The van der Waals surface area contributed by atoms with E-state index in [1.807, 2.05) is 13.8 Å². The summed E-state index contributed by atoms with van der Waals surface area (Å²) < 4.78 is 0. The molecule has 0 aliphatic carbocycles. The van der Waals surface area contributed by atoms with Crippen molar-refractivity contribution in [2.75, 3.05) is 19.7 Å². The SMILES string of the molecule is CC(CCCO)NCCCNC(=O)C(C)C. The highest BCUT2D eigenvalue weighted by Gasteiger charge is 2.05. The summed E-state index contributed by atoms with van der Waals surface area (Å²) in [7, 11) is 0. The highest BCUT2D eigenvalue weighted by atomic mass is 16.2. The van der Waals surface area contributed by atoms with E-state index in [1.165, 1.54) is 0 Å². The Morgan fingerprint density at radius 1 is 1.19 bits per heavy atom. The van der Waals surface area contributed by atoms with Crippen molar-refractivity contribution >= 4 is 5.91 Å². The van der Waals surface area contributed by atoms with E-state index in [2.05, 4.69) is 17.6 Å². The van der Waals surface area contributed by atoms with Crippen LogP contribution in [0.3, 0.4) is 0 Å². The lowest BCUT2D eigenvalue weighted by Gasteiger charge is -2.13. The van der Waals surface area contributed by atoms with E-state index in [0.717, 1.165) is 32.4 Å². The maximum Gasteiger partial charge on any atom is 0.222 e. The monoisotopic (exact) mass is 230 g/mol. The van der Waals surface area contributed by atoms with Crippen molar-refractivity contribution in [3.8, 4) is 0 Å². The molecule has 0 saturated carbocycles. The van der Waals surface area contributed by atoms with Crippen LogP contribution in [0.4, 0.5) is 0 Å². The first kappa shape index (κ1) is 15.4. The summed E-state index contributed by atoms with van der Waals surface area (Å²) in [5, 5.41) is 14.9. The first-order valence-corrected chi connectivity index (χ1v) is 6.20. The van der Waals surface area contributed by atoms with Crippen molar-refractivity contribution in [2.24, 2.45) is 5.92 Å². The summed E-state index contributed by atoms with van der Waals surface area (Å²) in [4.78, 5) is 11.2. The predicted octanol–water partition coefficient (Wildman–Crippen LogP) is 0.899. The second kappa shape index (κ2) is 9.60. The third-order valence-corrected chi connectivity index (χ3v) is 2.47. The van der Waals surface area contributed by atoms with E-state index in [9.17, 15) is 4.79 Å². The quantitative estimate of drug-likeness (QED) is 0.516. The van der Waals surface area contributed by atoms with Crippen LogP contribution < -0.4 is 10.6 Å². The van der Waals surface area contributed by atoms with E-state index in [4.69, 9.17) is 5.11 Å². The Labute approximate surface area is 98.8 Å². The molecule has 0 aromatic heterocycles. The van der Waals surface area contributed by atoms with Gasteiger partial charge in [-0.05, 0) is 32.7 Å². The van der Waals surface area contributed by atoms with E-state index in [-0.39, 0.29) is 18.4 Å². The second-order valence-electron chi connectivity index (χ2n) is 4.52. The van der Waals surface area contributed by atoms with Gasteiger partial charge in [0.2, 0.25) is 5.91 Å². The number of carbonyl (C=O) groups is 1. The molecule has 0 heterocycles. The largest absolute Gasteiger partial charge is 0.396 e. The van der Waals surface area contributed by atoms with E-state index in [1.54, 1.807) is 0 Å². The van der Waals surface area contributed by atoms with Gasteiger partial charge in [0.05, 0.1) is 0 Å². The Bertz CT molecular complexity index is 184. The second-order valence-corrected chi connectivity index (χ2v) is 4.52. The molecule has 0 rings (SSSR count). The molecule has 0 radical (unpaired) electrons. The fourth-order valence-corrected chi connectivity index (χ4v) is 1.35. The smallest absolute Gasteiger partial charge is 0.222 e. The standard InChI is InChI=1S/C12H26N2O2/c1-10(2)12(16)14-8-5-7-13-11(3)6-4-9-15/h10-11,13,15H,4-9H2,1-3H3,(H,14,16). The summed E-state index contributed by atoms with van der Waals surface area (Å²) in [6, 6.07) is 0.438. The van der Waals surface area contributed by atoms with Crippen LogP contribution in [0.15, 0.2) is 0 Å². The fraction of sp³-hybridized carbons (Fsp3) is 0.917. The summed E-state index contributed by atoms with van der Waals surface area (Å²) in [5.41, 5.74) is 0. The molecular weight excluding hydrogens is 204 g/mol. The zero-order valence-electron chi connectivity index (χ0n) is 10.8. The first-order valence-electron chi connectivity index (χ1n) is 6.20. The number of aliphatic hydroxyl groups is 1. The molecule has 0 aliphatic rings. The molecule has 0 aromatic carbocycles. The molecule has 0 aliphatic heterocycles. The average Bonchev–Trinajstić information content (AvgIpc) is 2.25. The van der Waals surface area contributed by atoms with Gasteiger partial charge in [-0.25, -0.2) is 0 Å². The number of nitrogens with one attached hydrogen (secondary N) is 2. The molecule has 0 bridgehead atoms. The molecule has 1 atom stereocenters. The van der Waals surface area contributed by atoms with Gasteiger partial charge in [-0.3, -0.25) is 4.79 Å². The predicted molar refractivity (Wildman–Crippen MR) is 66.2 cm³/mol. The highest BCUT2D eigenvalue weighted by Crippen LogP contribution is 1.95. The number of hydrogen-bond acceptors (Lipinski definition) is 3. The van der Waals surface area contributed by atoms with Gasteiger partial charge in [0, 0.05) is 25.1 Å². The lowest BCUT2D eigenvalue weighted by Crippen LogP contribution is -2.32. The lowest BCUT2D eigenvalue weighted by molar-refractivity contribution is -0.123. The maximum absolute atomic E-state index is 11.2. The Morgan fingerprint density at radius 2 is 1.88 bits per heavy atom. The summed E-state index contributed by atoms with van der Waals surface area (Å²) in [5.74, 6) is 0.185. The van der Waals surface area contributed by atoms with E-state index >= 15 is 0 Å². The van der Waals surface area contributed by atoms with E-state index < -0.39 is 0 Å². The Hall–Kier alpha value is -0.610. The van der Waals surface area contributed by atoms with Crippen LogP contribution in [-0.4, -0.2) is 36.8 Å². The van der Waals surface area contributed by atoms with Crippen LogP contribution in [0.1, 0.15) is 40.0 Å². The Morgan fingerprint density at radius 3 is 2.44 bits per heavy atom. The zero-order chi connectivity index (χ0) is 12.4. The van der Waals surface area contributed by atoms with Gasteiger partial charge in [0.15, 0.2) is 0 Å². The summed E-state index contributed by atoms with van der Waals surface area (Å²) in [6.07, 6.45) is 2.79. The van der Waals surface area contributed by atoms with Crippen molar-refractivity contribution in [3.63, 3.8) is 0 Å². The maximum atomic E-state index is 11.2. The van der Waals surface area contributed by atoms with Gasteiger partial charge in [-0.1, -0.05) is 13.8 Å². The van der Waals surface area contributed by atoms with Crippen LogP contribution in [0, 0.1) is 5.92 Å². The van der Waals surface area contributed by atoms with Crippen molar-refractivity contribution < 1.29 is 9.90 Å². The molecule has 4 nitrogen and oxygen atoms in total. The molecule has 0 aromatic rings. The molecule has 0 saturated heterocycles. The van der Waals surface area contributed by atoms with Crippen LogP contribution in [-0.2, 0) is 4.79 Å². The summed E-state index contributed by atoms with van der Waals surface area (Å²) >= 11 is 0. The van der Waals surface area contributed by atoms with Crippen molar-refractivity contribution in [3.05, 3.63) is 0 Å². The van der Waals surface area contributed by atoms with Crippen LogP contribution in [0.5, 0.6) is 0 Å². The molecule has 0 spiro atoms. The first-order chi connectivity index (χ1) is 7.57. The third kappa shape index (κ3) is 8.68. The highest BCUT2D eigenvalue weighted by molar-refractivity contribution is 5.77. The van der Waals surface area contributed by atoms with Gasteiger partial charge >= 0.3 is 0 Å². The Balaban J connectivity index is 3.29. The number of rotatable bonds is 9. The molecule has 1 amide bonds. The Kier molecular flexibility index (Phi) is 9.24. The van der Waals surface area contributed by atoms with Gasteiger partial charge in [-0.15, -0.1) is 0 Å². The normalized spacial score (nSPS) is 12.8.